The Hall–Kier alpha value is -1.69. The summed E-state index contributed by atoms with van der Waals surface area (Å²) in [6.45, 7) is 3.85. The zero-order valence-electron chi connectivity index (χ0n) is 14.1. The number of piperidine rings is 1. The lowest BCUT2D eigenvalue weighted by atomic mass is 10.0. The summed E-state index contributed by atoms with van der Waals surface area (Å²) in [4.78, 5) is 11.8. The molecule has 0 amide bonds. The third-order valence-electron chi connectivity index (χ3n) is 4.67. The van der Waals surface area contributed by atoms with Crippen LogP contribution in [0.3, 0.4) is 0 Å². The molecule has 0 bridgehead atoms. The van der Waals surface area contributed by atoms with E-state index in [9.17, 15) is 0 Å². The monoisotopic (exact) mass is 373 g/mol. The van der Waals surface area contributed by atoms with E-state index in [4.69, 9.17) is 21.0 Å². The molecule has 2 aromatic heterocycles. The molecule has 1 saturated heterocycles. The summed E-state index contributed by atoms with van der Waals surface area (Å²) in [6, 6.07) is 8.02. The summed E-state index contributed by atoms with van der Waals surface area (Å²) in [6.07, 6.45) is 5.53. The van der Waals surface area contributed by atoms with Gasteiger partial charge in [-0.25, -0.2) is 9.97 Å². The molecule has 1 fully saturated rings. The summed E-state index contributed by atoms with van der Waals surface area (Å²) >= 11 is 7.83. The number of likely N-dealkylation sites (tertiary alicyclic amines) is 1. The van der Waals surface area contributed by atoms with Crippen LogP contribution in [0.2, 0.25) is 5.02 Å². The fourth-order valence-corrected chi connectivity index (χ4v) is 4.37. The summed E-state index contributed by atoms with van der Waals surface area (Å²) in [5.74, 6) is 1.51. The van der Waals surface area contributed by atoms with Crippen molar-refractivity contribution in [2.75, 3.05) is 6.54 Å². The van der Waals surface area contributed by atoms with Crippen LogP contribution in [-0.2, 0) is 6.54 Å². The minimum absolute atomic E-state index is 0.388. The second kappa shape index (κ2) is 7.28. The lowest BCUT2D eigenvalue weighted by Crippen LogP contribution is -2.33. The van der Waals surface area contributed by atoms with Gasteiger partial charge in [0.2, 0.25) is 5.89 Å². The molecule has 130 valence electrons. The van der Waals surface area contributed by atoms with Gasteiger partial charge in [0.25, 0.3) is 0 Å². The van der Waals surface area contributed by atoms with Gasteiger partial charge in [-0.05, 0) is 44.5 Å². The average Bonchev–Trinajstić information content (AvgIpc) is 3.26. The molecule has 1 aliphatic heterocycles. The summed E-state index contributed by atoms with van der Waals surface area (Å²) < 4.78 is 5.91. The number of hydrogen-bond acceptors (Lipinski definition) is 5. The van der Waals surface area contributed by atoms with Crippen LogP contribution in [-0.4, -0.2) is 21.4 Å². The van der Waals surface area contributed by atoms with Crippen molar-refractivity contribution in [1.29, 1.82) is 0 Å². The van der Waals surface area contributed by atoms with Gasteiger partial charge in [0.05, 0.1) is 11.7 Å². The van der Waals surface area contributed by atoms with Crippen molar-refractivity contribution >= 4 is 22.9 Å². The molecule has 0 aliphatic carbocycles. The molecular formula is C19H20ClN3OS. The molecule has 3 heterocycles. The number of benzene rings is 1. The number of aryl methyl sites for hydroxylation is 1. The minimum Gasteiger partial charge on any atom is -0.441 e. The smallest absolute Gasteiger partial charge is 0.226 e. The molecular weight excluding hydrogens is 354 g/mol. The molecule has 6 heteroatoms. The number of hydrogen-bond donors (Lipinski definition) is 0. The standard InChI is InChI=1S/C19H20ClN3OS/c1-13-16(22-18(24-13)14-5-4-6-15(20)11-14)12-23-9-3-2-7-17(23)19-21-8-10-25-19/h4-6,8,10-11,17H,2-3,7,9,12H2,1H3. The number of thiazole rings is 1. The molecule has 1 unspecified atom stereocenters. The van der Waals surface area contributed by atoms with Crippen LogP contribution in [0.25, 0.3) is 11.5 Å². The van der Waals surface area contributed by atoms with E-state index in [1.165, 1.54) is 17.8 Å². The lowest BCUT2D eigenvalue weighted by Gasteiger charge is -2.33. The van der Waals surface area contributed by atoms with E-state index in [0.29, 0.717) is 17.0 Å². The zero-order valence-corrected chi connectivity index (χ0v) is 15.7. The second-order valence-electron chi connectivity index (χ2n) is 6.38. The first-order valence-corrected chi connectivity index (χ1v) is 9.82. The van der Waals surface area contributed by atoms with E-state index in [-0.39, 0.29) is 0 Å². The maximum absolute atomic E-state index is 6.09. The molecule has 0 saturated carbocycles. The lowest BCUT2D eigenvalue weighted by molar-refractivity contribution is 0.138. The predicted molar refractivity (Wildman–Crippen MR) is 101 cm³/mol. The first kappa shape index (κ1) is 16.8. The van der Waals surface area contributed by atoms with Gasteiger partial charge in [0.15, 0.2) is 0 Å². The maximum atomic E-state index is 6.09. The van der Waals surface area contributed by atoms with Crippen molar-refractivity contribution < 1.29 is 4.42 Å². The molecule has 1 aliphatic rings. The van der Waals surface area contributed by atoms with Crippen molar-refractivity contribution in [2.24, 2.45) is 0 Å². The highest BCUT2D eigenvalue weighted by Gasteiger charge is 2.27. The van der Waals surface area contributed by atoms with E-state index in [1.807, 2.05) is 37.4 Å². The highest BCUT2D eigenvalue weighted by Crippen LogP contribution is 2.34. The van der Waals surface area contributed by atoms with Gasteiger partial charge in [0.1, 0.15) is 10.8 Å². The predicted octanol–water partition coefficient (Wildman–Crippen LogP) is 5.49. The van der Waals surface area contributed by atoms with E-state index in [1.54, 1.807) is 11.3 Å². The van der Waals surface area contributed by atoms with E-state index < -0.39 is 0 Å². The van der Waals surface area contributed by atoms with Crippen molar-refractivity contribution in [3.63, 3.8) is 0 Å². The van der Waals surface area contributed by atoms with Crippen molar-refractivity contribution in [3.05, 3.63) is 57.3 Å². The Morgan fingerprint density at radius 3 is 3.08 bits per heavy atom. The van der Waals surface area contributed by atoms with Crippen LogP contribution in [0.4, 0.5) is 0 Å². The molecule has 25 heavy (non-hydrogen) atoms. The minimum atomic E-state index is 0.388. The van der Waals surface area contributed by atoms with Crippen LogP contribution in [0.1, 0.15) is 41.8 Å². The van der Waals surface area contributed by atoms with E-state index in [0.717, 1.165) is 36.5 Å². The van der Waals surface area contributed by atoms with Crippen LogP contribution < -0.4 is 0 Å². The number of oxazole rings is 1. The highest BCUT2D eigenvalue weighted by molar-refractivity contribution is 7.09. The Balaban J connectivity index is 1.57. The topological polar surface area (TPSA) is 42.2 Å². The summed E-state index contributed by atoms with van der Waals surface area (Å²) in [5, 5.41) is 3.95. The summed E-state index contributed by atoms with van der Waals surface area (Å²) in [5.41, 5.74) is 1.91. The SMILES string of the molecule is Cc1oc(-c2cccc(Cl)c2)nc1CN1CCCCC1c1nccs1. The van der Waals surface area contributed by atoms with Gasteiger partial charge in [-0.3, -0.25) is 4.90 Å². The Kier molecular flexibility index (Phi) is 4.88. The van der Waals surface area contributed by atoms with Crippen molar-refractivity contribution in [1.82, 2.24) is 14.9 Å². The van der Waals surface area contributed by atoms with Crippen molar-refractivity contribution in [2.45, 2.75) is 38.8 Å². The highest BCUT2D eigenvalue weighted by atomic mass is 35.5. The first-order chi connectivity index (χ1) is 12.2. The maximum Gasteiger partial charge on any atom is 0.226 e. The fourth-order valence-electron chi connectivity index (χ4n) is 3.37. The zero-order chi connectivity index (χ0) is 17.2. The fraction of sp³-hybridized carbons (Fsp3) is 0.368. The normalized spacial score (nSPS) is 18.6. The van der Waals surface area contributed by atoms with Gasteiger partial charge < -0.3 is 4.42 Å². The Labute approximate surface area is 156 Å². The number of nitrogens with zero attached hydrogens (tertiary/aromatic N) is 3. The van der Waals surface area contributed by atoms with Gasteiger partial charge in [-0.2, -0.15) is 0 Å². The third-order valence-corrected chi connectivity index (χ3v) is 5.78. The van der Waals surface area contributed by atoms with Crippen LogP contribution in [0.15, 0.2) is 40.3 Å². The molecule has 0 N–H and O–H groups in total. The molecule has 1 aromatic carbocycles. The number of halogens is 1. The Bertz CT molecular complexity index is 846. The molecule has 4 rings (SSSR count). The van der Waals surface area contributed by atoms with Gasteiger partial charge >= 0.3 is 0 Å². The number of rotatable bonds is 4. The van der Waals surface area contributed by atoms with Gasteiger partial charge in [0, 0.05) is 28.7 Å². The Morgan fingerprint density at radius 1 is 1.36 bits per heavy atom. The van der Waals surface area contributed by atoms with Gasteiger partial charge in [-0.1, -0.05) is 24.1 Å². The second-order valence-corrected chi connectivity index (χ2v) is 7.75. The molecule has 0 spiro atoms. The van der Waals surface area contributed by atoms with E-state index in [2.05, 4.69) is 15.3 Å². The van der Waals surface area contributed by atoms with Crippen LogP contribution >= 0.6 is 22.9 Å². The molecule has 1 atom stereocenters. The Morgan fingerprint density at radius 2 is 2.28 bits per heavy atom. The average molecular weight is 374 g/mol. The number of aromatic nitrogens is 2. The van der Waals surface area contributed by atoms with Crippen LogP contribution in [0.5, 0.6) is 0 Å². The molecule has 4 nitrogen and oxygen atoms in total. The van der Waals surface area contributed by atoms with Gasteiger partial charge in [-0.15, -0.1) is 11.3 Å². The molecule has 0 radical (unpaired) electrons. The third kappa shape index (κ3) is 3.64. The van der Waals surface area contributed by atoms with Crippen molar-refractivity contribution in [3.8, 4) is 11.5 Å². The van der Waals surface area contributed by atoms with E-state index >= 15 is 0 Å². The first-order valence-electron chi connectivity index (χ1n) is 8.56. The summed E-state index contributed by atoms with van der Waals surface area (Å²) in [7, 11) is 0. The largest absolute Gasteiger partial charge is 0.441 e. The quantitative estimate of drug-likeness (QED) is 0.606. The van der Waals surface area contributed by atoms with Crippen LogP contribution in [0, 0.1) is 6.92 Å². The molecule has 3 aromatic rings.